The second-order valence-electron chi connectivity index (χ2n) is 4.64. The van der Waals surface area contributed by atoms with Gasteiger partial charge in [-0.25, -0.2) is 4.98 Å². The molecule has 22 heavy (non-hydrogen) atoms. The number of nitrogens with one attached hydrogen (secondary N) is 1. The normalized spacial score (nSPS) is 10.4. The Bertz CT molecular complexity index is 795. The summed E-state index contributed by atoms with van der Waals surface area (Å²) in [6.45, 7) is 0. The summed E-state index contributed by atoms with van der Waals surface area (Å²) in [4.78, 5) is 23.1. The smallest absolute Gasteiger partial charge is 0.269 e. The number of rotatable bonds is 4. The first-order valence-corrected chi connectivity index (χ1v) is 6.63. The SMILES string of the molecule is COc1ccc(-c2[nH]c(-c3ccncc3)nc2C(N)=O)cc1. The fraction of sp³-hybridized carbons (Fsp3) is 0.0625. The molecule has 0 aliphatic carbocycles. The predicted octanol–water partition coefficient (Wildman–Crippen LogP) is 2.25. The van der Waals surface area contributed by atoms with E-state index in [4.69, 9.17) is 10.5 Å². The minimum atomic E-state index is -0.581. The summed E-state index contributed by atoms with van der Waals surface area (Å²) in [5.74, 6) is 0.725. The van der Waals surface area contributed by atoms with Crippen molar-refractivity contribution in [3.63, 3.8) is 0 Å². The lowest BCUT2D eigenvalue weighted by Crippen LogP contribution is -2.12. The van der Waals surface area contributed by atoms with Gasteiger partial charge in [-0.3, -0.25) is 9.78 Å². The highest BCUT2D eigenvalue weighted by Crippen LogP contribution is 2.27. The molecule has 0 atom stereocenters. The Balaban J connectivity index is 2.09. The first kappa shape index (κ1) is 13.8. The standard InChI is InChI=1S/C16H14N4O2/c1-22-12-4-2-10(3-5-12)13-14(15(17)21)20-16(19-13)11-6-8-18-9-7-11/h2-9H,1H3,(H2,17,21)(H,19,20). The van der Waals surface area contributed by atoms with E-state index >= 15 is 0 Å². The van der Waals surface area contributed by atoms with Crippen LogP contribution in [0, 0.1) is 0 Å². The van der Waals surface area contributed by atoms with Crippen molar-refractivity contribution in [2.75, 3.05) is 7.11 Å². The van der Waals surface area contributed by atoms with Gasteiger partial charge in [0, 0.05) is 23.5 Å². The van der Waals surface area contributed by atoms with Gasteiger partial charge in [0.15, 0.2) is 5.69 Å². The quantitative estimate of drug-likeness (QED) is 0.771. The number of ether oxygens (including phenoxy) is 1. The maximum Gasteiger partial charge on any atom is 0.269 e. The fourth-order valence-corrected chi connectivity index (χ4v) is 2.16. The number of carbonyl (C=O) groups excluding carboxylic acids is 1. The van der Waals surface area contributed by atoms with E-state index in [1.807, 2.05) is 24.3 Å². The predicted molar refractivity (Wildman–Crippen MR) is 82.3 cm³/mol. The van der Waals surface area contributed by atoms with E-state index < -0.39 is 5.91 Å². The minimum absolute atomic E-state index is 0.206. The number of hydrogen-bond acceptors (Lipinski definition) is 4. The highest BCUT2D eigenvalue weighted by Gasteiger charge is 2.17. The largest absolute Gasteiger partial charge is 0.497 e. The van der Waals surface area contributed by atoms with Gasteiger partial charge in [-0.15, -0.1) is 0 Å². The van der Waals surface area contributed by atoms with Crippen LogP contribution in [0.5, 0.6) is 5.75 Å². The molecule has 1 aromatic carbocycles. The number of imidazole rings is 1. The number of H-pyrrole nitrogens is 1. The number of nitrogens with two attached hydrogens (primary N) is 1. The maximum atomic E-state index is 11.7. The van der Waals surface area contributed by atoms with Gasteiger partial charge in [-0.05, 0) is 36.4 Å². The molecule has 6 nitrogen and oxygen atoms in total. The molecule has 3 N–H and O–H groups in total. The summed E-state index contributed by atoms with van der Waals surface area (Å²) in [5.41, 5.74) is 7.87. The van der Waals surface area contributed by atoms with Gasteiger partial charge in [-0.1, -0.05) is 0 Å². The molecule has 0 radical (unpaired) electrons. The van der Waals surface area contributed by atoms with Crippen molar-refractivity contribution >= 4 is 5.91 Å². The maximum absolute atomic E-state index is 11.7. The molecule has 0 unspecified atom stereocenters. The summed E-state index contributed by atoms with van der Waals surface area (Å²) < 4.78 is 5.13. The van der Waals surface area contributed by atoms with Gasteiger partial charge < -0.3 is 15.5 Å². The summed E-state index contributed by atoms with van der Waals surface area (Å²) in [5, 5.41) is 0. The Morgan fingerprint density at radius 3 is 2.36 bits per heavy atom. The van der Waals surface area contributed by atoms with E-state index in [1.165, 1.54) is 0 Å². The van der Waals surface area contributed by atoms with Gasteiger partial charge in [0.1, 0.15) is 11.6 Å². The van der Waals surface area contributed by atoms with Gasteiger partial charge in [0.2, 0.25) is 0 Å². The molecule has 0 spiro atoms. The summed E-state index contributed by atoms with van der Waals surface area (Å²) in [6.07, 6.45) is 3.32. The van der Waals surface area contributed by atoms with Crippen LogP contribution in [-0.4, -0.2) is 28.0 Å². The minimum Gasteiger partial charge on any atom is -0.497 e. The molecule has 2 aromatic heterocycles. The van der Waals surface area contributed by atoms with Gasteiger partial charge in [0.05, 0.1) is 12.8 Å². The molecule has 3 rings (SSSR count). The van der Waals surface area contributed by atoms with Crippen LogP contribution in [0.15, 0.2) is 48.8 Å². The molecule has 0 saturated heterocycles. The fourth-order valence-electron chi connectivity index (χ4n) is 2.16. The first-order chi connectivity index (χ1) is 10.7. The van der Waals surface area contributed by atoms with Gasteiger partial charge in [0.25, 0.3) is 5.91 Å². The van der Waals surface area contributed by atoms with E-state index in [1.54, 1.807) is 31.6 Å². The lowest BCUT2D eigenvalue weighted by molar-refractivity contribution is 0.0997. The van der Waals surface area contributed by atoms with Crippen molar-refractivity contribution in [3.05, 3.63) is 54.5 Å². The van der Waals surface area contributed by atoms with Crippen molar-refractivity contribution in [1.82, 2.24) is 15.0 Å². The number of amides is 1. The Hall–Kier alpha value is -3.15. The van der Waals surface area contributed by atoms with E-state index in [-0.39, 0.29) is 5.69 Å². The third-order valence-electron chi connectivity index (χ3n) is 3.27. The van der Waals surface area contributed by atoms with Crippen molar-refractivity contribution in [2.45, 2.75) is 0 Å². The third kappa shape index (κ3) is 2.54. The Morgan fingerprint density at radius 2 is 1.77 bits per heavy atom. The molecule has 3 aromatic rings. The molecular weight excluding hydrogens is 280 g/mol. The van der Waals surface area contributed by atoms with E-state index in [2.05, 4.69) is 15.0 Å². The molecular formula is C16H14N4O2. The van der Waals surface area contributed by atoms with Crippen LogP contribution in [0.4, 0.5) is 0 Å². The van der Waals surface area contributed by atoms with Crippen LogP contribution in [0.25, 0.3) is 22.6 Å². The zero-order chi connectivity index (χ0) is 15.5. The number of pyridine rings is 1. The Labute approximate surface area is 127 Å². The zero-order valence-electron chi connectivity index (χ0n) is 11.9. The molecule has 0 bridgehead atoms. The Kier molecular flexibility index (Phi) is 3.57. The first-order valence-electron chi connectivity index (χ1n) is 6.63. The average molecular weight is 294 g/mol. The number of primary amides is 1. The van der Waals surface area contributed by atoms with Crippen LogP contribution in [0.3, 0.4) is 0 Å². The summed E-state index contributed by atoms with van der Waals surface area (Å²) in [7, 11) is 1.60. The number of methoxy groups -OCH3 is 1. The van der Waals surface area contributed by atoms with E-state index in [9.17, 15) is 4.79 Å². The molecule has 0 fully saturated rings. The molecule has 0 aliphatic heterocycles. The number of aromatic amines is 1. The van der Waals surface area contributed by atoms with Crippen molar-refractivity contribution in [2.24, 2.45) is 5.73 Å². The van der Waals surface area contributed by atoms with Crippen LogP contribution in [0.2, 0.25) is 0 Å². The number of nitrogens with zero attached hydrogens (tertiary/aromatic N) is 2. The zero-order valence-corrected chi connectivity index (χ0v) is 11.9. The van der Waals surface area contributed by atoms with Crippen LogP contribution >= 0.6 is 0 Å². The van der Waals surface area contributed by atoms with Crippen molar-refractivity contribution in [1.29, 1.82) is 0 Å². The second kappa shape index (κ2) is 5.69. The van der Waals surface area contributed by atoms with Gasteiger partial charge >= 0.3 is 0 Å². The molecule has 0 aliphatic rings. The highest BCUT2D eigenvalue weighted by molar-refractivity contribution is 5.98. The van der Waals surface area contributed by atoms with Crippen LogP contribution in [-0.2, 0) is 0 Å². The molecule has 110 valence electrons. The molecule has 6 heteroatoms. The number of hydrogen-bond donors (Lipinski definition) is 2. The number of benzene rings is 1. The number of aromatic nitrogens is 3. The molecule has 0 saturated carbocycles. The lowest BCUT2D eigenvalue weighted by atomic mass is 10.1. The Morgan fingerprint density at radius 1 is 1.09 bits per heavy atom. The van der Waals surface area contributed by atoms with Crippen LogP contribution < -0.4 is 10.5 Å². The van der Waals surface area contributed by atoms with E-state index in [0.717, 1.165) is 16.9 Å². The second-order valence-corrected chi connectivity index (χ2v) is 4.64. The van der Waals surface area contributed by atoms with E-state index in [0.29, 0.717) is 11.5 Å². The third-order valence-corrected chi connectivity index (χ3v) is 3.27. The van der Waals surface area contributed by atoms with Crippen molar-refractivity contribution in [3.8, 4) is 28.4 Å². The molecule has 1 amide bonds. The summed E-state index contributed by atoms with van der Waals surface area (Å²) in [6, 6.07) is 10.9. The highest BCUT2D eigenvalue weighted by atomic mass is 16.5. The van der Waals surface area contributed by atoms with Crippen LogP contribution in [0.1, 0.15) is 10.5 Å². The lowest BCUT2D eigenvalue weighted by Gasteiger charge is -2.02. The molecule has 2 heterocycles. The van der Waals surface area contributed by atoms with Gasteiger partial charge in [-0.2, -0.15) is 0 Å². The summed E-state index contributed by atoms with van der Waals surface area (Å²) >= 11 is 0. The topological polar surface area (TPSA) is 93.9 Å². The monoisotopic (exact) mass is 294 g/mol. The average Bonchev–Trinajstić information content (AvgIpc) is 3.01. The van der Waals surface area contributed by atoms with Crippen molar-refractivity contribution < 1.29 is 9.53 Å². The number of carbonyl (C=O) groups is 1.